The van der Waals surface area contributed by atoms with Crippen molar-refractivity contribution in [3.63, 3.8) is 0 Å². The Bertz CT molecular complexity index is 244. The maximum atomic E-state index is 9.85. The molecule has 120 valence electrons. The van der Waals surface area contributed by atoms with Crippen LogP contribution in [0.25, 0.3) is 0 Å². The number of rotatable bonds is 9. The molecular formula is C14H29NO5. The summed E-state index contributed by atoms with van der Waals surface area (Å²) < 4.78 is 5.68. The van der Waals surface area contributed by atoms with Crippen molar-refractivity contribution in [2.24, 2.45) is 5.92 Å². The third-order valence-electron chi connectivity index (χ3n) is 4.11. The van der Waals surface area contributed by atoms with Crippen LogP contribution in [0.15, 0.2) is 0 Å². The number of aliphatic hydroxyl groups is 4. The van der Waals surface area contributed by atoms with Crippen molar-refractivity contribution in [2.45, 2.75) is 50.4 Å². The summed E-state index contributed by atoms with van der Waals surface area (Å²) in [4.78, 5) is 0. The lowest BCUT2D eigenvalue weighted by Gasteiger charge is -2.31. The van der Waals surface area contributed by atoms with E-state index in [1.54, 1.807) is 0 Å². The van der Waals surface area contributed by atoms with Gasteiger partial charge in [-0.1, -0.05) is 6.92 Å². The van der Waals surface area contributed by atoms with Gasteiger partial charge in [-0.15, -0.1) is 0 Å². The summed E-state index contributed by atoms with van der Waals surface area (Å²) in [5.74, 6) is 0.765. The molecule has 1 rings (SSSR count). The fourth-order valence-electron chi connectivity index (χ4n) is 2.35. The van der Waals surface area contributed by atoms with Crippen LogP contribution < -0.4 is 5.32 Å². The second-order valence-electron chi connectivity index (χ2n) is 6.00. The molecule has 0 aromatic heterocycles. The largest absolute Gasteiger partial charge is 0.394 e. The Morgan fingerprint density at radius 2 is 1.65 bits per heavy atom. The lowest BCUT2D eigenvalue weighted by molar-refractivity contribution is -0.0347. The number of hydrogen-bond acceptors (Lipinski definition) is 6. The summed E-state index contributed by atoms with van der Waals surface area (Å²) in [6.07, 6.45) is 3.91. The van der Waals surface area contributed by atoms with Crippen LogP contribution in [0.2, 0.25) is 0 Å². The second-order valence-corrected chi connectivity index (χ2v) is 6.00. The standard InChI is InChI=1S/C14H29NO5/c1-11-2-4-13(5-3-11)20-7-12(19)6-15-14(8-16,9-17)10-18/h11-13,15-19H,2-10H2,1H3. The summed E-state index contributed by atoms with van der Waals surface area (Å²) >= 11 is 0. The first-order valence-electron chi connectivity index (χ1n) is 7.42. The molecule has 0 radical (unpaired) electrons. The molecule has 6 nitrogen and oxygen atoms in total. The molecule has 1 saturated carbocycles. The van der Waals surface area contributed by atoms with Gasteiger partial charge < -0.3 is 30.5 Å². The summed E-state index contributed by atoms with van der Waals surface area (Å²) in [5.41, 5.74) is -1.15. The van der Waals surface area contributed by atoms with E-state index in [4.69, 9.17) is 20.1 Å². The van der Waals surface area contributed by atoms with Crippen LogP contribution in [-0.2, 0) is 4.74 Å². The SMILES string of the molecule is CC1CCC(OCC(O)CNC(CO)(CO)CO)CC1. The smallest absolute Gasteiger partial charge is 0.0898 e. The molecule has 0 bridgehead atoms. The van der Waals surface area contributed by atoms with Crippen molar-refractivity contribution in [2.75, 3.05) is 33.0 Å². The Hall–Kier alpha value is -0.240. The molecule has 0 amide bonds. The molecule has 1 unspecified atom stereocenters. The molecule has 1 fully saturated rings. The van der Waals surface area contributed by atoms with Crippen LogP contribution in [0.5, 0.6) is 0 Å². The summed E-state index contributed by atoms with van der Waals surface area (Å²) in [6.45, 7) is 1.44. The monoisotopic (exact) mass is 291 g/mol. The molecule has 0 aromatic rings. The third kappa shape index (κ3) is 5.63. The molecule has 6 heteroatoms. The topological polar surface area (TPSA) is 102 Å². The fraction of sp³-hybridized carbons (Fsp3) is 1.00. The van der Waals surface area contributed by atoms with Crippen LogP contribution >= 0.6 is 0 Å². The minimum atomic E-state index is -1.15. The Labute approximate surface area is 120 Å². The van der Waals surface area contributed by atoms with Crippen molar-refractivity contribution in [3.8, 4) is 0 Å². The van der Waals surface area contributed by atoms with E-state index >= 15 is 0 Å². The highest BCUT2D eigenvalue weighted by molar-refractivity contribution is 4.87. The first-order chi connectivity index (χ1) is 9.55. The molecule has 0 heterocycles. The van der Waals surface area contributed by atoms with Crippen molar-refractivity contribution in [1.29, 1.82) is 0 Å². The van der Waals surface area contributed by atoms with Crippen LogP contribution in [-0.4, -0.2) is 71.1 Å². The van der Waals surface area contributed by atoms with Crippen LogP contribution in [0, 0.1) is 5.92 Å². The molecule has 20 heavy (non-hydrogen) atoms. The minimum Gasteiger partial charge on any atom is -0.394 e. The Morgan fingerprint density at radius 1 is 1.10 bits per heavy atom. The van der Waals surface area contributed by atoms with E-state index in [0.717, 1.165) is 18.8 Å². The zero-order valence-corrected chi connectivity index (χ0v) is 12.3. The molecular weight excluding hydrogens is 262 g/mol. The van der Waals surface area contributed by atoms with Gasteiger partial charge in [-0.05, 0) is 31.6 Å². The maximum absolute atomic E-state index is 9.85. The van der Waals surface area contributed by atoms with E-state index in [1.165, 1.54) is 12.8 Å². The molecule has 0 aromatic carbocycles. The predicted octanol–water partition coefficient (Wildman–Crippen LogP) is -0.752. The number of hydrogen-bond donors (Lipinski definition) is 5. The number of aliphatic hydroxyl groups excluding tert-OH is 4. The zero-order valence-electron chi connectivity index (χ0n) is 12.3. The van der Waals surface area contributed by atoms with Gasteiger partial charge in [0.25, 0.3) is 0 Å². The molecule has 0 aliphatic heterocycles. The Balaban J connectivity index is 2.21. The van der Waals surface area contributed by atoms with Crippen LogP contribution in [0.3, 0.4) is 0 Å². The number of nitrogens with one attached hydrogen (secondary N) is 1. The lowest BCUT2D eigenvalue weighted by Crippen LogP contribution is -2.57. The van der Waals surface area contributed by atoms with E-state index < -0.39 is 31.5 Å². The van der Waals surface area contributed by atoms with E-state index in [2.05, 4.69) is 12.2 Å². The fourth-order valence-corrected chi connectivity index (χ4v) is 2.35. The summed E-state index contributed by atoms with van der Waals surface area (Å²) in [6, 6.07) is 0. The zero-order chi connectivity index (χ0) is 15.0. The van der Waals surface area contributed by atoms with Crippen molar-refractivity contribution >= 4 is 0 Å². The van der Waals surface area contributed by atoms with Gasteiger partial charge in [0.2, 0.25) is 0 Å². The Kier molecular flexibility index (Phi) is 7.94. The van der Waals surface area contributed by atoms with E-state index in [1.807, 2.05) is 0 Å². The summed E-state index contributed by atoms with van der Waals surface area (Å²) in [7, 11) is 0. The van der Waals surface area contributed by atoms with Crippen molar-refractivity contribution in [3.05, 3.63) is 0 Å². The normalized spacial score (nSPS) is 25.6. The average molecular weight is 291 g/mol. The van der Waals surface area contributed by atoms with Gasteiger partial charge in [-0.25, -0.2) is 0 Å². The van der Waals surface area contributed by atoms with Gasteiger partial charge in [0, 0.05) is 6.54 Å². The quantitative estimate of drug-likeness (QED) is 0.383. The molecule has 1 atom stereocenters. The van der Waals surface area contributed by atoms with Crippen molar-refractivity contribution < 1.29 is 25.2 Å². The van der Waals surface area contributed by atoms with Gasteiger partial charge in [0.15, 0.2) is 0 Å². The Morgan fingerprint density at radius 3 is 2.15 bits per heavy atom. The highest BCUT2D eigenvalue weighted by atomic mass is 16.5. The van der Waals surface area contributed by atoms with E-state index in [0.29, 0.717) is 0 Å². The highest BCUT2D eigenvalue weighted by Crippen LogP contribution is 2.25. The molecule has 0 saturated heterocycles. The van der Waals surface area contributed by atoms with E-state index in [9.17, 15) is 5.11 Å². The first kappa shape index (κ1) is 17.8. The lowest BCUT2D eigenvalue weighted by atomic mass is 9.89. The first-order valence-corrected chi connectivity index (χ1v) is 7.42. The highest BCUT2D eigenvalue weighted by Gasteiger charge is 2.28. The predicted molar refractivity (Wildman–Crippen MR) is 75.4 cm³/mol. The van der Waals surface area contributed by atoms with E-state index in [-0.39, 0.29) is 19.3 Å². The van der Waals surface area contributed by atoms with Crippen LogP contribution in [0.4, 0.5) is 0 Å². The van der Waals surface area contributed by atoms with Gasteiger partial charge in [-0.3, -0.25) is 0 Å². The van der Waals surface area contributed by atoms with Crippen molar-refractivity contribution in [1.82, 2.24) is 5.32 Å². The average Bonchev–Trinajstić information content (AvgIpc) is 2.48. The van der Waals surface area contributed by atoms with Gasteiger partial charge >= 0.3 is 0 Å². The van der Waals surface area contributed by atoms with Crippen LogP contribution in [0.1, 0.15) is 32.6 Å². The molecule has 1 aliphatic rings. The maximum Gasteiger partial charge on any atom is 0.0898 e. The number of β-amino-alcohol motifs (C(OH)–C–C–N with tert-alkyl or cyclic N) is 1. The minimum absolute atomic E-state index is 0.158. The molecule has 1 aliphatic carbocycles. The molecule has 0 spiro atoms. The third-order valence-corrected chi connectivity index (χ3v) is 4.11. The number of ether oxygens (including phenoxy) is 1. The van der Waals surface area contributed by atoms with Gasteiger partial charge in [-0.2, -0.15) is 0 Å². The summed E-state index contributed by atoms with van der Waals surface area (Å²) in [5, 5.41) is 40.1. The second kappa shape index (κ2) is 8.92. The molecule has 5 N–H and O–H groups in total. The van der Waals surface area contributed by atoms with Gasteiger partial charge in [0.1, 0.15) is 0 Å². The van der Waals surface area contributed by atoms with Gasteiger partial charge in [0.05, 0.1) is 44.2 Å².